The van der Waals surface area contributed by atoms with Crippen molar-refractivity contribution in [1.29, 1.82) is 0 Å². The van der Waals surface area contributed by atoms with E-state index >= 15 is 0 Å². The standard InChI is InChI=1S/C19H32N4OS/c1-2-20-19(21-11-15-23-13-7-4-8-14-23)22-12-16-25(24)17-18-9-5-3-6-10-18/h3,5-6,9-10H,2,4,7-8,11-17H2,1H3,(H2,20,21,22). The molecule has 0 saturated carbocycles. The molecular formula is C19H32N4OS. The first-order chi connectivity index (χ1) is 12.3. The Bertz CT molecular complexity index is 529. The first kappa shape index (κ1) is 19.9. The fraction of sp³-hybridized carbons (Fsp3) is 0.632. The number of hydrogen-bond donors (Lipinski definition) is 2. The molecule has 1 heterocycles. The molecule has 0 bridgehead atoms. The van der Waals surface area contributed by atoms with Crippen LogP contribution in [0.5, 0.6) is 0 Å². The van der Waals surface area contributed by atoms with Crippen molar-refractivity contribution < 1.29 is 4.21 Å². The molecule has 1 saturated heterocycles. The van der Waals surface area contributed by atoms with Crippen molar-refractivity contribution in [1.82, 2.24) is 15.5 Å². The quantitative estimate of drug-likeness (QED) is 0.520. The number of likely N-dealkylation sites (tertiary alicyclic amines) is 1. The van der Waals surface area contributed by atoms with Crippen LogP contribution in [0.3, 0.4) is 0 Å². The van der Waals surface area contributed by atoms with Crippen LogP contribution in [0, 0.1) is 0 Å². The van der Waals surface area contributed by atoms with Crippen LogP contribution < -0.4 is 10.6 Å². The average molecular weight is 365 g/mol. The highest BCUT2D eigenvalue weighted by Gasteiger charge is 2.09. The van der Waals surface area contributed by atoms with Crippen LogP contribution >= 0.6 is 0 Å². The van der Waals surface area contributed by atoms with Gasteiger partial charge in [0.15, 0.2) is 5.96 Å². The van der Waals surface area contributed by atoms with E-state index in [-0.39, 0.29) is 0 Å². The molecule has 0 radical (unpaired) electrons. The number of benzene rings is 1. The normalized spacial score (nSPS) is 17.2. The average Bonchev–Trinajstić information content (AvgIpc) is 2.63. The van der Waals surface area contributed by atoms with Gasteiger partial charge in [-0.05, 0) is 38.4 Å². The lowest BCUT2D eigenvalue weighted by Crippen LogP contribution is -2.40. The summed E-state index contributed by atoms with van der Waals surface area (Å²) in [4.78, 5) is 7.13. The SMILES string of the molecule is CCNC(=NCCN1CCCCC1)NCCS(=O)Cc1ccccc1. The number of nitrogens with zero attached hydrogens (tertiary/aromatic N) is 2. The van der Waals surface area contributed by atoms with Crippen LogP contribution in [-0.4, -0.2) is 60.1 Å². The third kappa shape index (κ3) is 8.50. The lowest BCUT2D eigenvalue weighted by atomic mass is 10.1. The Balaban J connectivity index is 1.67. The zero-order chi connectivity index (χ0) is 17.7. The van der Waals surface area contributed by atoms with Gasteiger partial charge in [-0.1, -0.05) is 36.8 Å². The minimum atomic E-state index is -0.854. The van der Waals surface area contributed by atoms with E-state index in [4.69, 9.17) is 0 Å². The lowest BCUT2D eigenvalue weighted by molar-refractivity contribution is 0.235. The summed E-state index contributed by atoms with van der Waals surface area (Å²) in [6.45, 7) is 7.82. The molecule has 140 valence electrons. The zero-order valence-electron chi connectivity index (χ0n) is 15.4. The first-order valence-electron chi connectivity index (χ1n) is 9.41. The van der Waals surface area contributed by atoms with Gasteiger partial charge in [-0.25, -0.2) is 0 Å². The van der Waals surface area contributed by atoms with E-state index in [1.54, 1.807) is 0 Å². The number of hydrogen-bond acceptors (Lipinski definition) is 3. The summed E-state index contributed by atoms with van der Waals surface area (Å²) in [5.41, 5.74) is 1.13. The third-order valence-electron chi connectivity index (χ3n) is 4.27. The molecule has 25 heavy (non-hydrogen) atoms. The molecule has 0 spiro atoms. The van der Waals surface area contributed by atoms with E-state index in [9.17, 15) is 4.21 Å². The van der Waals surface area contributed by atoms with Crippen LogP contribution in [0.4, 0.5) is 0 Å². The fourth-order valence-corrected chi connectivity index (χ4v) is 3.98. The number of rotatable bonds is 9. The second kappa shape index (κ2) is 12.0. The molecule has 2 N–H and O–H groups in total. The Morgan fingerprint density at radius 1 is 1.16 bits per heavy atom. The Kier molecular flexibility index (Phi) is 9.59. The minimum Gasteiger partial charge on any atom is -0.357 e. The fourth-order valence-electron chi connectivity index (χ4n) is 2.94. The summed E-state index contributed by atoms with van der Waals surface area (Å²) in [5.74, 6) is 2.08. The van der Waals surface area contributed by atoms with Crippen molar-refractivity contribution in [3.63, 3.8) is 0 Å². The van der Waals surface area contributed by atoms with Crippen molar-refractivity contribution in [2.45, 2.75) is 31.9 Å². The molecule has 0 amide bonds. The van der Waals surface area contributed by atoms with Gasteiger partial charge in [-0.3, -0.25) is 9.20 Å². The number of guanidine groups is 1. The molecular weight excluding hydrogens is 332 g/mol. The molecule has 1 atom stereocenters. The number of piperidine rings is 1. The molecule has 0 aliphatic carbocycles. The van der Waals surface area contributed by atoms with Crippen molar-refractivity contribution in [2.75, 3.05) is 45.0 Å². The van der Waals surface area contributed by atoms with Gasteiger partial charge in [0.25, 0.3) is 0 Å². The van der Waals surface area contributed by atoms with Gasteiger partial charge in [0, 0.05) is 41.9 Å². The topological polar surface area (TPSA) is 56.7 Å². The van der Waals surface area contributed by atoms with Gasteiger partial charge in [0.2, 0.25) is 0 Å². The predicted molar refractivity (Wildman–Crippen MR) is 107 cm³/mol. The van der Waals surface area contributed by atoms with Gasteiger partial charge in [-0.2, -0.15) is 0 Å². The summed E-state index contributed by atoms with van der Waals surface area (Å²) < 4.78 is 12.2. The Hall–Kier alpha value is -1.40. The second-order valence-electron chi connectivity index (χ2n) is 6.36. The van der Waals surface area contributed by atoms with E-state index in [0.29, 0.717) is 18.1 Å². The number of nitrogens with one attached hydrogen (secondary N) is 2. The molecule has 1 aromatic rings. The predicted octanol–water partition coefficient (Wildman–Crippen LogP) is 1.98. The van der Waals surface area contributed by atoms with Gasteiger partial charge in [0.1, 0.15) is 0 Å². The van der Waals surface area contributed by atoms with E-state index in [1.807, 2.05) is 30.3 Å². The van der Waals surface area contributed by atoms with E-state index < -0.39 is 10.8 Å². The maximum Gasteiger partial charge on any atom is 0.191 e. The molecule has 1 fully saturated rings. The number of aliphatic imine (C=N–C) groups is 1. The summed E-state index contributed by atoms with van der Waals surface area (Å²) in [5, 5.41) is 6.57. The smallest absolute Gasteiger partial charge is 0.191 e. The molecule has 0 aromatic heterocycles. The lowest BCUT2D eigenvalue weighted by Gasteiger charge is -2.25. The highest BCUT2D eigenvalue weighted by atomic mass is 32.2. The van der Waals surface area contributed by atoms with Crippen LogP contribution in [0.25, 0.3) is 0 Å². The van der Waals surface area contributed by atoms with E-state index in [2.05, 4.69) is 27.4 Å². The molecule has 1 aliphatic heterocycles. The van der Waals surface area contributed by atoms with E-state index in [1.165, 1.54) is 32.4 Å². The van der Waals surface area contributed by atoms with Gasteiger partial charge in [-0.15, -0.1) is 0 Å². The Morgan fingerprint density at radius 3 is 2.64 bits per heavy atom. The molecule has 1 unspecified atom stereocenters. The third-order valence-corrected chi connectivity index (χ3v) is 5.59. The first-order valence-corrected chi connectivity index (χ1v) is 10.9. The van der Waals surface area contributed by atoms with E-state index in [0.717, 1.165) is 31.2 Å². The van der Waals surface area contributed by atoms with Gasteiger partial charge >= 0.3 is 0 Å². The van der Waals surface area contributed by atoms with Crippen LogP contribution in [0.15, 0.2) is 35.3 Å². The Morgan fingerprint density at radius 2 is 1.92 bits per heavy atom. The zero-order valence-corrected chi connectivity index (χ0v) is 16.2. The Labute approximate surface area is 154 Å². The maximum atomic E-state index is 12.2. The van der Waals surface area contributed by atoms with Crippen molar-refractivity contribution in [2.24, 2.45) is 4.99 Å². The van der Waals surface area contributed by atoms with Crippen molar-refractivity contribution in [3.8, 4) is 0 Å². The van der Waals surface area contributed by atoms with Crippen LogP contribution in [0.2, 0.25) is 0 Å². The summed E-state index contributed by atoms with van der Waals surface area (Å²) in [6.07, 6.45) is 3.99. The highest BCUT2D eigenvalue weighted by Crippen LogP contribution is 2.07. The highest BCUT2D eigenvalue weighted by molar-refractivity contribution is 7.84. The molecule has 2 rings (SSSR count). The molecule has 5 nitrogen and oxygen atoms in total. The summed E-state index contributed by atoms with van der Waals surface area (Å²) >= 11 is 0. The largest absolute Gasteiger partial charge is 0.357 e. The molecule has 1 aromatic carbocycles. The summed E-state index contributed by atoms with van der Waals surface area (Å²) in [7, 11) is -0.854. The van der Waals surface area contributed by atoms with Gasteiger partial charge < -0.3 is 15.5 Å². The summed E-state index contributed by atoms with van der Waals surface area (Å²) in [6, 6.07) is 10.0. The molecule has 6 heteroatoms. The van der Waals surface area contributed by atoms with Crippen LogP contribution in [-0.2, 0) is 16.6 Å². The van der Waals surface area contributed by atoms with Crippen molar-refractivity contribution >= 4 is 16.8 Å². The van der Waals surface area contributed by atoms with Crippen LogP contribution in [0.1, 0.15) is 31.7 Å². The molecule has 1 aliphatic rings. The monoisotopic (exact) mass is 364 g/mol. The van der Waals surface area contributed by atoms with Crippen molar-refractivity contribution in [3.05, 3.63) is 35.9 Å². The van der Waals surface area contributed by atoms with Gasteiger partial charge in [0.05, 0.1) is 6.54 Å². The maximum absolute atomic E-state index is 12.2. The second-order valence-corrected chi connectivity index (χ2v) is 7.94. The minimum absolute atomic E-state index is 0.616.